The maximum Gasteiger partial charge on any atom is 0.147 e. The van der Waals surface area contributed by atoms with E-state index in [1.165, 1.54) is 0 Å². The largest absolute Gasteiger partial charge is 0.351 e. The molecule has 2 aromatic heterocycles. The van der Waals surface area contributed by atoms with Gasteiger partial charge in [0.1, 0.15) is 5.82 Å². The van der Waals surface area contributed by atoms with E-state index in [1.54, 1.807) is 17.1 Å². The molecule has 0 bridgehead atoms. The monoisotopic (exact) mass is 246 g/mol. The zero-order valence-corrected chi connectivity index (χ0v) is 10.5. The van der Waals surface area contributed by atoms with Crippen LogP contribution >= 0.6 is 0 Å². The van der Waals surface area contributed by atoms with Crippen LogP contribution in [0.3, 0.4) is 0 Å². The Hall–Kier alpha value is -1.95. The van der Waals surface area contributed by atoms with Crippen molar-refractivity contribution < 1.29 is 0 Å². The van der Waals surface area contributed by atoms with E-state index in [9.17, 15) is 0 Å². The predicted molar refractivity (Wildman–Crippen MR) is 70.0 cm³/mol. The molecule has 2 aromatic rings. The van der Waals surface area contributed by atoms with Crippen LogP contribution in [0.5, 0.6) is 0 Å². The van der Waals surface area contributed by atoms with Crippen molar-refractivity contribution in [3.63, 3.8) is 0 Å². The van der Waals surface area contributed by atoms with Gasteiger partial charge in [-0.3, -0.25) is 4.98 Å². The first-order valence-corrected chi connectivity index (χ1v) is 6.00. The summed E-state index contributed by atoms with van der Waals surface area (Å²) in [6.07, 6.45) is 6.36. The fourth-order valence-corrected chi connectivity index (χ4v) is 1.84. The average Bonchev–Trinajstić information content (AvgIpc) is 2.82. The Kier molecular flexibility index (Phi) is 4.25. The van der Waals surface area contributed by atoms with Crippen molar-refractivity contribution in [2.24, 2.45) is 12.8 Å². The molecule has 0 aliphatic carbocycles. The minimum atomic E-state index is 0.675. The highest BCUT2D eigenvalue weighted by molar-refractivity contribution is 5.36. The molecule has 0 radical (unpaired) electrons. The Morgan fingerprint density at radius 2 is 2.28 bits per heavy atom. The highest BCUT2D eigenvalue weighted by Gasteiger charge is 2.11. The molecule has 0 aliphatic rings. The second-order valence-corrected chi connectivity index (χ2v) is 4.14. The van der Waals surface area contributed by atoms with Gasteiger partial charge >= 0.3 is 0 Å². The molecule has 18 heavy (non-hydrogen) atoms. The van der Waals surface area contributed by atoms with Gasteiger partial charge in [-0.05, 0) is 24.6 Å². The molecule has 0 aromatic carbocycles. The van der Waals surface area contributed by atoms with Crippen LogP contribution in [0.25, 0.3) is 0 Å². The number of nitrogens with zero attached hydrogens (tertiary/aromatic N) is 5. The minimum Gasteiger partial charge on any atom is -0.351 e. The van der Waals surface area contributed by atoms with Gasteiger partial charge < -0.3 is 10.6 Å². The standard InChI is InChI=1S/C12H18N6/c1-17-12(9-15-16-17)18(7-3-5-13)10-11-4-2-6-14-8-11/h2,4,6,8-9H,3,5,7,10,13H2,1H3. The lowest BCUT2D eigenvalue weighted by molar-refractivity contribution is 0.661. The van der Waals surface area contributed by atoms with Crippen molar-refractivity contribution in [3.05, 3.63) is 36.3 Å². The first-order valence-electron chi connectivity index (χ1n) is 6.00. The Balaban J connectivity index is 2.13. The van der Waals surface area contributed by atoms with Crippen molar-refractivity contribution in [2.75, 3.05) is 18.0 Å². The van der Waals surface area contributed by atoms with Gasteiger partial charge in [0.15, 0.2) is 0 Å². The maximum absolute atomic E-state index is 5.58. The van der Waals surface area contributed by atoms with Gasteiger partial charge in [-0.25, -0.2) is 4.68 Å². The van der Waals surface area contributed by atoms with Gasteiger partial charge in [-0.15, -0.1) is 5.10 Å². The zero-order valence-electron chi connectivity index (χ0n) is 10.5. The summed E-state index contributed by atoms with van der Waals surface area (Å²) in [6.45, 7) is 2.34. The van der Waals surface area contributed by atoms with Gasteiger partial charge in [-0.1, -0.05) is 11.3 Å². The number of pyridine rings is 1. The molecule has 2 N–H and O–H groups in total. The van der Waals surface area contributed by atoms with Crippen LogP contribution in [0.1, 0.15) is 12.0 Å². The quantitative estimate of drug-likeness (QED) is 0.806. The second-order valence-electron chi connectivity index (χ2n) is 4.14. The number of aryl methyl sites for hydroxylation is 1. The Labute approximate surface area is 106 Å². The van der Waals surface area contributed by atoms with Crippen molar-refractivity contribution in [2.45, 2.75) is 13.0 Å². The first kappa shape index (κ1) is 12.5. The molecule has 6 nitrogen and oxygen atoms in total. The molecule has 6 heteroatoms. The minimum absolute atomic E-state index is 0.675. The predicted octanol–water partition coefficient (Wildman–Crippen LogP) is 0.565. The van der Waals surface area contributed by atoms with Crippen molar-refractivity contribution >= 4 is 5.82 Å². The fourth-order valence-electron chi connectivity index (χ4n) is 1.84. The molecule has 0 aliphatic heterocycles. The SMILES string of the molecule is Cn1nncc1N(CCCN)Cc1cccnc1. The van der Waals surface area contributed by atoms with Crippen LogP contribution in [-0.2, 0) is 13.6 Å². The van der Waals surface area contributed by atoms with Crippen LogP contribution in [0.15, 0.2) is 30.7 Å². The molecular formula is C12H18N6. The normalized spacial score (nSPS) is 10.6. The topological polar surface area (TPSA) is 72.9 Å². The van der Waals surface area contributed by atoms with Gasteiger partial charge in [0.25, 0.3) is 0 Å². The van der Waals surface area contributed by atoms with E-state index in [-0.39, 0.29) is 0 Å². The summed E-state index contributed by atoms with van der Waals surface area (Å²) in [6, 6.07) is 4.00. The van der Waals surface area contributed by atoms with Gasteiger partial charge in [0.05, 0.1) is 6.20 Å². The van der Waals surface area contributed by atoms with Gasteiger partial charge in [-0.2, -0.15) is 0 Å². The van der Waals surface area contributed by atoms with Crippen LogP contribution in [0, 0.1) is 0 Å². The van der Waals surface area contributed by atoms with E-state index in [1.807, 2.05) is 19.3 Å². The number of aromatic nitrogens is 4. The summed E-state index contributed by atoms with van der Waals surface area (Å²) in [4.78, 5) is 6.34. The number of nitrogens with two attached hydrogens (primary N) is 1. The van der Waals surface area contributed by atoms with Crippen molar-refractivity contribution in [1.29, 1.82) is 0 Å². The molecule has 0 saturated carbocycles. The van der Waals surface area contributed by atoms with E-state index in [4.69, 9.17) is 5.73 Å². The molecule has 0 unspecified atom stereocenters. The van der Waals surface area contributed by atoms with Crippen molar-refractivity contribution in [1.82, 2.24) is 20.0 Å². The zero-order chi connectivity index (χ0) is 12.8. The molecule has 0 saturated heterocycles. The van der Waals surface area contributed by atoms with E-state index in [0.29, 0.717) is 6.54 Å². The van der Waals surface area contributed by atoms with Crippen LogP contribution in [0.2, 0.25) is 0 Å². The molecule has 96 valence electrons. The number of hydrogen-bond donors (Lipinski definition) is 1. The van der Waals surface area contributed by atoms with Gasteiger partial charge in [0.2, 0.25) is 0 Å². The highest BCUT2D eigenvalue weighted by atomic mass is 15.5. The summed E-state index contributed by atoms with van der Waals surface area (Å²) in [5.41, 5.74) is 6.75. The molecule has 0 spiro atoms. The first-order chi connectivity index (χ1) is 8.81. The maximum atomic E-state index is 5.58. The van der Waals surface area contributed by atoms with Gasteiger partial charge in [0, 0.05) is 32.5 Å². The van der Waals surface area contributed by atoms with Crippen LogP contribution in [0.4, 0.5) is 5.82 Å². The third-order valence-corrected chi connectivity index (χ3v) is 2.74. The number of rotatable bonds is 6. The lowest BCUT2D eigenvalue weighted by Gasteiger charge is -2.23. The van der Waals surface area contributed by atoms with Crippen molar-refractivity contribution in [3.8, 4) is 0 Å². The molecule has 0 amide bonds. The third kappa shape index (κ3) is 3.04. The molecule has 2 rings (SSSR count). The smallest absolute Gasteiger partial charge is 0.147 e. The second kappa shape index (κ2) is 6.11. The summed E-state index contributed by atoms with van der Waals surface area (Å²) in [7, 11) is 1.89. The third-order valence-electron chi connectivity index (χ3n) is 2.74. The molecular weight excluding hydrogens is 228 g/mol. The summed E-state index contributed by atoms with van der Waals surface area (Å²) < 4.78 is 1.77. The summed E-state index contributed by atoms with van der Waals surface area (Å²) >= 11 is 0. The number of hydrogen-bond acceptors (Lipinski definition) is 5. The fraction of sp³-hybridized carbons (Fsp3) is 0.417. The lowest BCUT2D eigenvalue weighted by atomic mass is 10.2. The Bertz CT molecular complexity index is 466. The van der Waals surface area contributed by atoms with Crippen LogP contribution < -0.4 is 10.6 Å². The van der Waals surface area contributed by atoms with E-state index in [0.717, 1.165) is 30.9 Å². The Morgan fingerprint density at radius 1 is 1.39 bits per heavy atom. The van der Waals surface area contributed by atoms with Crippen LogP contribution in [-0.4, -0.2) is 33.1 Å². The highest BCUT2D eigenvalue weighted by Crippen LogP contribution is 2.14. The summed E-state index contributed by atoms with van der Waals surface area (Å²) in [5.74, 6) is 0.993. The molecule has 0 atom stereocenters. The molecule has 0 fully saturated rings. The summed E-state index contributed by atoms with van der Waals surface area (Å²) in [5, 5.41) is 7.88. The van der Waals surface area contributed by atoms with E-state index in [2.05, 4.69) is 26.3 Å². The van der Waals surface area contributed by atoms with E-state index < -0.39 is 0 Å². The molecule has 2 heterocycles. The number of anilines is 1. The van der Waals surface area contributed by atoms with E-state index >= 15 is 0 Å². The average molecular weight is 246 g/mol. The lowest BCUT2D eigenvalue weighted by Crippen LogP contribution is -2.27. The Morgan fingerprint density at radius 3 is 2.89 bits per heavy atom.